The van der Waals surface area contributed by atoms with E-state index in [0.29, 0.717) is 16.9 Å². The normalized spacial score (nSPS) is 13.6. The first-order valence-electron chi connectivity index (χ1n) is 8.54. The van der Waals surface area contributed by atoms with Crippen LogP contribution in [0.25, 0.3) is 0 Å². The van der Waals surface area contributed by atoms with Crippen LogP contribution in [0.2, 0.25) is 0 Å². The van der Waals surface area contributed by atoms with Gasteiger partial charge in [0.05, 0.1) is 24.9 Å². The second kappa shape index (κ2) is 8.99. The average Bonchev–Trinajstić information content (AvgIpc) is 2.70. The monoisotopic (exact) mass is 352 g/mol. The van der Waals surface area contributed by atoms with Crippen molar-refractivity contribution in [3.63, 3.8) is 0 Å². The van der Waals surface area contributed by atoms with Crippen LogP contribution in [-0.2, 0) is 9.53 Å². The zero-order valence-electron chi connectivity index (χ0n) is 15.6. The molecular formula is C22H24O4. The Hall–Kier alpha value is -2.88. The zero-order valence-corrected chi connectivity index (χ0v) is 15.6. The number of ether oxygens (including phenoxy) is 2. The molecule has 2 aromatic carbocycles. The lowest BCUT2D eigenvalue weighted by molar-refractivity contribution is -0.117. The molecule has 1 unspecified atom stereocenters. The number of Topliss-reactive ketones (excluding diaryl/α,β-unsaturated/α-hetero) is 2. The van der Waals surface area contributed by atoms with Crippen molar-refractivity contribution in [3.05, 3.63) is 77.6 Å². The van der Waals surface area contributed by atoms with Crippen LogP contribution in [0.1, 0.15) is 42.8 Å². The van der Waals surface area contributed by atoms with Gasteiger partial charge in [-0.2, -0.15) is 0 Å². The Labute approximate surface area is 154 Å². The summed E-state index contributed by atoms with van der Waals surface area (Å²) < 4.78 is 10.9. The Kier molecular flexibility index (Phi) is 6.73. The fourth-order valence-corrected chi connectivity index (χ4v) is 2.61. The molecule has 0 fully saturated rings. The number of methoxy groups -OCH3 is 1. The molecule has 4 nitrogen and oxygen atoms in total. The van der Waals surface area contributed by atoms with Gasteiger partial charge in [0.15, 0.2) is 11.6 Å². The van der Waals surface area contributed by atoms with Crippen molar-refractivity contribution in [2.24, 2.45) is 5.92 Å². The van der Waals surface area contributed by atoms with Crippen molar-refractivity contribution in [1.82, 2.24) is 0 Å². The van der Waals surface area contributed by atoms with E-state index in [1.54, 1.807) is 38.1 Å². The molecule has 0 aromatic heterocycles. The highest BCUT2D eigenvalue weighted by Crippen LogP contribution is 2.23. The number of hydrogen-bond donors (Lipinski definition) is 0. The van der Waals surface area contributed by atoms with Crippen molar-refractivity contribution in [3.8, 4) is 5.75 Å². The molecule has 4 heteroatoms. The van der Waals surface area contributed by atoms with Gasteiger partial charge in [0, 0.05) is 5.57 Å². The summed E-state index contributed by atoms with van der Waals surface area (Å²) in [6.07, 6.45) is 1.26. The summed E-state index contributed by atoms with van der Waals surface area (Å²) >= 11 is 0. The molecule has 0 amide bonds. The Bertz CT molecular complexity index is 793. The Morgan fingerprint density at radius 2 is 1.58 bits per heavy atom. The summed E-state index contributed by atoms with van der Waals surface area (Å²) in [4.78, 5) is 25.3. The largest absolute Gasteiger partial charge is 0.496 e. The molecule has 0 saturated carbocycles. The van der Waals surface area contributed by atoms with Crippen LogP contribution in [0, 0.1) is 5.92 Å². The molecule has 0 aliphatic heterocycles. The highest BCUT2D eigenvalue weighted by atomic mass is 16.5. The quantitative estimate of drug-likeness (QED) is 0.297. The summed E-state index contributed by atoms with van der Waals surface area (Å²) in [7, 11) is 1.50. The van der Waals surface area contributed by atoms with Crippen molar-refractivity contribution >= 4 is 11.6 Å². The fourth-order valence-electron chi connectivity index (χ4n) is 2.61. The minimum Gasteiger partial charge on any atom is -0.496 e. The maximum Gasteiger partial charge on any atom is 0.177 e. The molecule has 2 atom stereocenters. The first-order valence-corrected chi connectivity index (χ1v) is 8.54. The lowest BCUT2D eigenvalue weighted by Crippen LogP contribution is -2.22. The minimum atomic E-state index is -0.807. The van der Waals surface area contributed by atoms with E-state index in [1.807, 2.05) is 37.3 Å². The molecule has 136 valence electrons. The smallest absolute Gasteiger partial charge is 0.177 e. The van der Waals surface area contributed by atoms with Crippen LogP contribution >= 0.6 is 0 Å². The van der Waals surface area contributed by atoms with Crippen LogP contribution in [-0.4, -0.2) is 18.7 Å². The van der Waals surface area contributed by atoms with Crippen molar-refractivity contribution in [2.75, 3.05) is 7.11 Å². The minimum absolute atomic E-state index is 0.181. The van der Waals surface area contributed by atoms with E-state index < -0.39 is 5.92 Å². The molecule has 0 spiro atoms. The maximum absolute atomic E-state index is 12.7. The van der Waals surface area contributed by atoms with Gasteiger partial charge in [-0.3, -0.25) is 9.59 Å². The highest BCUT2D eigenvalue weighted by Gasteiger charge is 2.26. The van der Waals surface area contributed by atoms with Gasteiger partial charge in [-0.1, -0.05) is 42.5 Å². The van der Waals surface area contributed by atoms with Crippen LogP contribution < -0.4 is 4.74 Å². The van der Waals surface area contributed by atoms with E-state index in [4.69, 9.17) is 9.47 Å². The fraction of sp³-hybridized carbons (Fsp3) is 0.273. The maximum atomic E-state index is 12.7. The Morgan fingerprint density at radius 3 is 2.23 bits per heavy atom. The standard InChI is InChI=1S/C22H24O4/c1-15(14-26-17(3)18-10-6-5-7-11-18)21(23)16(2)22(24)19-12-8-9-13-20(19)25-4/h5-14,16-17H,1-4H3/b15-14+/t16?,17-/m0/s1. The van der Waals surface area contributed by atoms with E-state index in [-0.39, 0.29) is 17.7 Å². The second-order valence-electron chi connectivity index (χ2n) is 6.14. The molecule has 0 aliphatic carbocycles. The highest BCUT2D eigenvalue weighted by molar-refractivity contribution is 6.16. The summed E-state index contributed by atoms with van der Waals surface area (Å²) in [5.74, 6) is -0.872. The van der Waals surface area contributed by atoms with Crippen molar-refractivity contribution in [2.45, 2.75) is 26.9 Å². The van der Waals surface area contributed by atoms with E-state index >= 15 is 0 Å². The van der Waals surface area contributed by atoms with Gasteiger partial charge in [0.1, 0.15) is 11.9 Å². The van der Waals surface area contributed by atoms with Gasteiger partial charge in [-0.05, 0) is 38.5 Å². The average molecular weight is 352 g/mol. The zero-order chi connectivity index (χ0) is 19.1. The third-order valence-corrected chi connectivity index (χ3v) is 4.27. The topological polar surface area (TPSA) is 52.6 Å². The molecule has 0 heterocycles. The van der Waals surface area contributed by atoms with Gasteiger partial charge in [-0.15, -0.1) is 0 Å². The summed E-state index contributed by atoms with van der Waals surface area (Å²) in [6, 6.07) is 16.6. The first kappa shape index (κ1) is 19.4. The molecule has 0 bridgehead atoms. The summed E-state index contributed by atoms with van der Waals surface area (Å²) in [6.45, 7) is 5.17. The van der Waals surface area contributed by atoms with Gasteiger partial charge in [0.2, 0.25) is 0 Å². The van der Waals surface area contributed by atoms with Crippen molar-refractivity contribution in [1.29, 1.82) is 0 Å². The van der Waals surface area contributed by atoms with E-state index in [0.717, 1.165) is 5.56 Å². The molecule has 0 saturated heterocycles. The lowest BCUT2D eigenvalue weighted by Gasteiger charge is -2.15. The molecule has 0 N–H and O–H groups in total. The Balaban J connectivity index is 2.08. The number of carbonyl (C=O) groups excluding carboxylic acids is 2. The number of para-hydroxylation sites is 1. The van der Waals surface area contributed by atoms with E-state index in [9.17, 15) is 9.59 Å². The van der Waals surface area contributed by atoms with Crippen LogP contribution in [0.3, 0.4) is 0 Å². The Morgan fingerprint density at radius 1 is 0.962 bits per heavy atom. The number of ketones is 2. The van der Waals surface area contributed by atoms with Crippen LogP contribution in [0.15, 0.2) is 66.4 Å². The van der Waals surface area contributed by atoms with E-state index in [1.165, 1.54) is 13.4 Å². The summed E-state index contributed by atoms with van der Waals surface area (Å²) in [5.41, 5.74) is 1.83. The predicted octanol–water partition coefficient (Wildman–Crippen LogP) is 4.76. The SMILES string of the molecule is COc1ccccc1C(=O)C(C)C(=O)/C(C)=C/O[C@@H](C)c1ccccc1. The van der Waals surface area contributed by atoms with Crippen LogP contribution in [0.5, 0.6) is 5.75 Å². The number of carbonyl (C=O) groups is 2. The first-order chi connectivity index (χ1) is 12.5. The number of benzene rings is 2. The van der Waals surface area contributed by atoms with E-state index in [2.05, 4.69) is 0 Å². The van der Waals surface area contributed by atoms with Gasteiger partial charge in [0.25, 0.3) is 0 Å². The second-order valence-corrected chi connectivity index (χ2v) is 6.14. The lowest BCUT2D eigenvalue weighted by atomic mass is 9.92. The molecule has 0 radical (unpaired) electrons. The molecule has 26 heavy (non-hydrogen) atoms. The third-order valence-electron chi connectivity index (χ3n) is 4.27. The molecule has 0 aliphatic rings. The molecular weight excluding hydrogens is 328 g/mol. The van der Waals surface area contributed by atoms with Crippen LogP contribution in [0.4, 0.5) is 0 Å². The summed E-state index contributed by atoms with van der Waals surface area (Å²) in [5, 5.41) is 0. The number of allylic oxidation sites excluding steroid dienone is 1. The van der Waals surface area contributed by atoms with Gasteiger partial charge >= 0.3 is 0 Å². The molecule has 2 aromatic rings. The number of hydrogen-bond acceptors (Lipinski definition) is 4. The predicted molar refractivity (Wildman–Crippen MR) is 101 cm³/mol. The molecule has 2 rings (SSSR count). The number of rotatable bonds is 8. The van der Waals surface area contributed by atoms with Crippen molar-refractivity contribution < 1.29 is 19.1 Å². The van der Waals surface area contributed by atoms with Gasteiger partial charge in [-0.25, -0.2) is 0 Å². The van der Waals surface area contributed by atoms with Gasteiger partial charge < -0.3 is 9.47 Å². The third kappa shape index (κ3) is 4.60.